The van der Waals surface area contributed by atoms with Gasteiger partial charge in [-0.05, 0) is 62.8 Å². The number of benzene rings is 2. The van der Waals surface area contributed by atoms with Crippen LogP contribution in [0.3, 0.4) is 0 Å². The fourth-order valence-corrected chi connectivity index (χ4v) is 3.55. The topological polar surface area (TPSA) is 110 Å². The van der Waals surface area contributed by atoms with Gasteiger partial charge in [-0.3, -0.25) is 4.79 Å². The van der Waals surface area contributed by atoms with E-state index < -0.39 is 24.3 Å². The first-order valence-corrected chi connectivity index (χ1v) is 12.0. The van der Waals surface area contributed by atoms with Gasteiger partial charge in [0.1, 0.15) is 5.82 Å². The van der Waals surface area contributed by atoms with Gasteiger partial charge in [-0.2, -0.15) is 26.3 Å². The molecule has 8 nitrogen and oxygen atoms in total. The molecule has 1 saturated heterocycles. The number of nitrogens with one attached hydrogen (secondary N) is 1. The predicted molar refractivity (Wildman–Crippen MR) is 135 cm³/mol. The largest absolute Gasteiger partial charge is 0.490 e. The molecule has 1 heterocycles. The van der Waals surface area contributed by atoms with E-state index in [2.05, 4.69) is 38.1 Å². The first-order chi connectivity index (χ1) is 18.3. The van der Waals surface area contributed by atoms with E-state index in [1.54, 1.807) is 25.1 Å². The minimum atomic E-state index is -5.08. The number of anilines is 2. The van der Waals surface area contributed by atoms with Gasteiger partial charge in [-0.25, -0.2) is 14.0 Å². The Bertz CT molecular complexity index is 1170. The van der Waals surface area contributed by atoms with Crippen LogP contribution in [-0.2, 0) is 9.59 Å². The lowest BCUT2D eigenvalue weighted by Crippen LogP contribution is -2.29. The number of aryl methyl sites for hydroxylation is 1. The van der Waals surface area contributed by atoms with E-state index in [0.29, 0.717) is 16.8 Å². The van der Waals surface area contributed by atoms with Crippen molar-refractivity contribution in [2.24, 2.45) is 0 Å². The van der Waals surface area contributed by atoms with Gasteiger partial charge in [-0.15, -0.1) is 0 Å². The van der Waals surface area contributed by atoms with Crippen molar-refractivity contribution in [3.63, 3.8) is 0 Å². The molecule has 40 heavy (non-hydrogen) atoms. The van der Waals surface area contributed by atoms with E-state index in [9.17, 15) is 35.5 Å². The first kappa shape index (κ1) is 34.6. The lowest BCUT2D eigenvalue weighted by molar-refractivity contribution is -0.193. The number of carbonyl (C=O) groups excluding carboxylic acids is 1. The summed E-state index contributed by atoms with van der Waals surface area (Å²) in [4.78, 5) is 35.0. The lowest BCUT2D eigenvalue weighted by Gasteiger charge is -2.23. The Labute approximate surface area is 232 Å². The van der Waals surface area contributed by atoms with Crippen LogP contribution in [-0.4, -0.2) is 78.5 Å². The standard InChI is InChI=1S/C20H23BrFN3O.2C2HF3O2/c1-14-4-5-17(13-19(14)22)23-20(26)15-10-16(21)12-18(11-15)25-7-3-6-24(2)8-9-25;2*3-2(4,5)1(6)7/h4-5,10-13H,3,6-9H2,1-2H3,(H,23,26);2*(H,6,7). The molecule has 0 aromatic heterocycles. The van der Waals surface area contributed by atoms with E-state index in [0.717, 1.165) is 42.8 Å². The average molecular weight is 648 g/mol. The van der Waals surface area contributed by atoms with Crippen molar-refractivity contribution in [1.82, 2.24) is 4.90 Å². The number of hydrogen-bond acceptors (Lipinski definition) is 5. The molecule has 2 aromatic carbocycles. The van der Waals surface area contributed by atoms with E-state index in [-0.39, 0.29) is 11.7 Å². The van der Waals surface area contributed by atoms with Crippen LogP contribution in [0.15, 0.2) is 40.9 Å². The first-order valence-electron chi connectivity index (χ1n) is 11.2. The second kappa shape index (κ2) is 14.8. The highest BCUT2D eigenvalue weighted by Crippen LogP contribution is 2.25. The highest BCUT2D eigenvalue weighted by Gasteiger charge is 2.38. The number of hydrogen-bond donors (Lipinski definition) is 3. The highest BCUT2D eigenvalue weighted by atomic mass is 79.9. The Morgan fingerprint density at radius 3 is 1.93 bits per heavy atom. The summed E-state index contributed by atoms with van der Waals surface area (Å²) in [6, 6.07) is 10.4. The van der Waals surface area contributed by atoms with Crippen molar-refractivity contribution in [1.29, 1.82) is 0 Å². The lowest BCUT2D eigenvalue weighted by atomic mass is 10.1. The van der Waals surface area contributed by atoms with Gasteiger partial charge in [0.25, 0.3) is 5.91 Å². The van der Waals surface area contributed by atoms with E-state index in [1.165, 1.54) is 6.07 Å². The molecule has 2 aromatic rings. The fourth-order valence-electron chi connectivity index (χ4n) is 3.07. The maximum Gasteiger partial charge on any atom is 0.490 e. The van der Waals surface area contributed by atoms with Crippen molar-refractivity contribution in [3.05, 3.63) is 57.8 Å². The molecule has 1 aliphatic rings. The number of rotatable bonds is 3. The number of carboxylic acid groups (broad SMARTS) is 2. The van der Waals surface area contributed by atoms with Crippen LogP contribution in [0.2, 0.25) is 0 Å². The van der Waals surface area contributed by atoms with Crippen LogP contribution < -0.4 is 10.2 Å². The predicted octanol–water partition coefficient (Wildman–Crippen LogP) is 5.56. The molecule has 0 atom stereocenters. The summed E-state index contributed by atoms with van der Waals surface area (Å²) in [5.74, 6) is -6.09. The second-order valence-corrected chi connectivity index (χ2v) is 9.28. The third-order valence-corrected chi connectivity index (χ3v) is 5.60. The number of nitrogens with zero attached hydrogens (tertiary/aromatic N) is 2. The Balaban J connectivity index is 0.000000473. The summed E-state index contributed by atoms with van der Waals surface area (Å²) in [5, 5.41) is 17.0. The maximum atomic E-state index is 13.7. The van der Waals surface area contributed by atoms with Gasteiger partial charge in [0.15, 0.2) is 0 Å². The molecular weight excluding hydrogens is 623 g/mol. The quantitative estimate of drug-likeness (QED) is 0.374. The molecule has 0 bridgehead atoms. The number of alkyl halides is 6. The molecule has 0 unspecified atom stereocenters. The highest BCUT2D eigenvalue weighted by molar-refractivity contribution is 9.10. The van der Waals surface area contributed by atoms with Crippen molar-refractivity contribution in [2.45, 2.75) is 25.7 Å². The van der Waals surface area contributed by atoms with Crippen LogP contribution >= 0.6 is 15.9 Å². The number of carboxylic acids is 2. The molecule has 0 saturated carbocycles. The summed E-state index contributed by atoms with van der Waals surface area (Å²) >= 11 is 3.51. The summed E-state index contributed by atoms with van der Waals surface area (Å²) in [7, 11) is 2.13. The SMILES string of the molecule is Cc1ccc(NC(=O)c2cc(Br)cc(N3CCCN(C)CC3)c2)cc1F.O=C(O)C(F)(F)F.O=C(O)C(F)(F)F. The van der Waals surface area contributed by atoms with Crippen LogP contribution in [0.25, 0.3) is 0 Å². The molecule has 1 amide bonds. The third-order valence-electron chi connectivity index (χ3n) is 5.14. The van der Waals surface area contributed by atoms with E-state index >= 15 is 0 Å². The average Bonchev–Trinajstić information content (AvgIpc) is 3.05. The minimum absolute atomic E-state index is 0.247. The third kappa shape index (κ3) is 12.2. The monoisotopic (exact) mass is 647 g/mol. The second-order valence-electron chi connectivity index (χ2n) is 8.37. The smallest absolute Gasteiger partial charge is 0.475 e. The molecule has 0 spiro atoms. The van der Waals surface area contributed by atoms with E-state index in [1.807, 2.05) is 12.1 Å². The molecule has 222 valence electrons. The normalized spacial score (nSPS) is 14.1. The van der Waals surface area contributed by atoms with Gasteiger partial charge >= 0.3 is 24.3 Å². The van der Waals surface area contributed by atoms with Gasteiger partial charge in [0.05, 0.1) is 0 Å². The molecule has 1 aliphatic heterocycles. The molecule has 0 aliphatic carbocycles. The fraction of sp³-hybridized carbons (Fsp3) is 0.375. The molecule has 1 fully saturated rings. The van der Waals surface area contributed by atoms with Gasteiger partial charge < -0.3 is 25.3 Å². The Hall–Kier alpha value is -3.40. The zero-order chi connectivity index (χ0) is 30.8. The molecule has 0 radical (unpaired) electrons. The van der Waals surface area contributed by atoms with Crippen molar-refractivity contribution in [3.8, 4) is 0 Å². The van der Waals surface area contributed by atoms with Gasteiger partial charge in [0.2, 0.25) is 0 Å². The van der Waals surface area contributed by atoms with Crippen molar-refractivity contribution in [2.75, 3.05) is 43.4 Å². The van der Waals surface area contributed by atoms with Crippen LogP contribution in [0.5, 0.6) is 0 Å². The van der Waals surface area contributed by atoms with Gasteiger partial charge in [0, 0.05) is 41.0 Å². The summed E-state index contributed by atoms with van der Waals surface area (Å²) < 4.78 is 78.0. The summed E-state index contributed by atoms with van der Waals surface area (Å²) in [6.07, 6.45) is -9.08. The minimum Gasteiger partial charge on any atom is -0.475 e. The Morgan fingerprint density at radius 2 is 1.43 bits per heavy atom. The Kier molecular flexibility index (Phi) is 12.8. The summed E-state index contributed by atoms with van der Waals surface area (Å²) in [5.41, 5.74) is 2.58. The van der Waals surface area contributed by atoms with Crippen LogP contribution in [0.1, 0.15) is 22.3 Å². The number of carbonyl (C=O) groups is 3. The van der Waals surface area contributed by atoms with Crippen LogP contribution in [0.4, 0.5) is 42.1 Å². The van der Waals surface area contributed by atoms with Gasteiger partial charge in [-0.1, -0.05) is 22.0 Å². The van der Waals surface area contributed by atoms with E-state index in [4.69, 9.17) is 19.8 Å². The number of amides is 1. The maximum absolute atomic E-state index is 13.7. The van der Waals surface area contributed by atoms with Crippen molar-refractivity contribution >= 4 is 45.2 Å². The molecule has 3 N–H and O–H groups in total. The number of likely N-dealkylation sites (N-methyl/N-ethyl adjacent to an activating group) is 1. The zero-order valence-corrected chi connectivity index (χ0v) is 22.6. The molecule has 3 rings (SSSR count). The Morgan fingerprint density at radius 1 is 0.875 bits per heavy atom. The number of halogens is 8. The molecular formula is C24H25BrF7N3O5. The molecule has 16 heteroatoms. The zero-order valence-electron chi connectivity index (χ0n) is 21.0. The summed E-state index contributed by atoms with van der Waals surface area (Å²) in [6.45, 7) is 5.66. The van der Waals surface area contributed by atoms with Crippen molar-refractivity contribution < 1.29 is 55.3 Å². The van der Waals surface area contributed by atoms with Crippen LogP contribution in [0, 0.1) is 12.7 Å². The number of aliphatic carboxylic acids is 2.